The van der Waals surface area contributed by atoms with Crippen LogP contribution in [-0.4, -0.2) is 46.6 Å². The Morgan fingerprint density at radius 3 is 2.44 bits per heavy atom. The molecule has 1 unspecified atom stereocenters. The molecule has 0 radical (unpaired) electrons. The first-order valence-electron chi connectivity index (χ1n) is 9.14. The molecule has 2 amide bonds. The van der Waals surface area contributed by atoms with E-state index in [0.29, 0.717) is 31.5 Å². The van der Waals surface area contributed by atoms with Crippen LogP contribution < -0.4 is 5.32 Å². The van der Waals surface area contributed by atoms with Gasteiger partial charge < -0.3 is 15.3 Å². The number of nitrogens with zero attached hydrogens (tertiary/aromatic N) is 1. The second-order valence-corrected chi connectivity index (χ2v) is 8.08. The van der Waals surface area contributed by atoms with E-state index in [4.69, 9.17) is 0 Å². The first kappa shape index (κ1) is 17.9. The van der Waals surface area contributed by atoms with Crippen LogP contribution in [0.25, 0.3) is 0 Å². The number of likely N-dealkylation sites (tertiary alicyclic amines) is 1. The van der Waals surface area contributed by atoms with Crippen molar-refractivity contribution in [1.82, 2.24) is 10.2 Å². The van der Waals surface area contributed by atoms with Crippen LogP contribution in [0.5, 0.6) is 0 Å². The van der Waals surface area contributed by atoms with Gasteiger partial charge in [-0.15, -0.1) is 0 Å². The average Bonchev–Trinajstić information content (AvgIpc) is 2.51. The molecule has 5 heteroatoms. The highest BCUT2D eigenvalue weighted by Gasteiger charge is 2.40. The predicted octanol–water partition coefficient (Wildman–Crippen LogP) is 2.19. The van der Waals surface area contributed by atoms with Crippen molar-refractivity contribution in [2.24, 2.45) is 5.92 Å². The lowest BCUT2D eigenvalue weighted by molar-refractivity contribution is -0.130. The topological polar surface area (TPSA) is 69.6 Å². The molecule has 1 saturated carbocycles. The highest BCUT2D eigenvalue weighted by Crippen LogP contribution is 2.32. The van der Waals surface area contributed by atoms with Crippen molar-refractivity contribution < 1.29 is 14.7 Å². The lowest BCUT2D eigenvalue weighted by atomic mass is 9.77. The normalized spacial score (nSPS) is 29.0. The van der Waals surface area contributed by atoms with Crippen molar-refractivity contribution in [3.63, 3.8) is 0 Å². The molecule has 0 aromatic heterocycles. The molecule has 136 valence electrons. The van der Waals surface area contributed by atoms with E-state index in [0.717, 1.165) is 24.0 Å². The minimum atomic E-state index is -0.643. The minimum Gasteiger partial charge on any atom is -0.390 e. The van der Waals surface area contributed by atoms with Crippen molar-refractivity contribution in [1.29, 1.82) is 0 Å². The first-order chi connectivity index (χ1) is 11.7. The molecule has 1 saturated heterocycles. The second kappa shape index (κ2) is 6.79. The van der Waals surface area contributed by atoms with Crippen molar-refractivity contribution in [2.45, 2.75) is 58.1 Å². The fourth-order valence-electron chi connectivity index (χ4n) is 4.08. The molecular formula is C20H28N2O3. The third-order valence-corrected chi connectivity index (χ3v) is 5.27. The van der Waals surface area contributed by atoms with Gasteiger partial charge in [-0.1, -0.05) is 17.2 Å². The molecule has 2 fully saturated rings. The van der Waals surface area contributed by atoms with Crippen molar-refractivity contribution in [2.75, 3.05) is 13.1 Å². The van der Waals surface area contributed by atoms with E-state index in [2.05, 4.69) is 11.4 Å². The maximum absolute atomic E-state index is 12.8. The van der Waals surface area contributed by atoms with Gasteiger partial charge in [0.1, 0.15) is 0 Å². The minimum absolute atomic E-state index is 0.0101. The zero-order valence-corrected chi connectivity index (χ0v) is 15.3. The largest absolute Gasteiger partial charge is 0.390 e. The summed E-state index contributed by atoms with van der Waals surface area (Å²) in [5.74, 6) is -0.136. The fourth-order valence-corrected chi connectivity index (χ4v) is 4.08. The fraction of sp³-hybridized carbons (Fsp3) is 0.600. The van der Waals surface area contributed by atoms with E-state index >= 15 is 0 Å². The highest BCUT2D eigenvalue weighted by atomic mass is 16.3. The Morgan fingerprint density at radius 2 is 1.84 bits per heavy atom. The molecule has 1 atom stereocenters. The number of aliphatic hydroxyl groups is 1. The Balaban J connectivity index is 1.60. The number of benzene rings is 1. The molecule has 0 bridgehead atoms. The Labute approximate surface area is 149 Å². The lowest BCUT2D eigenvalue weighted by Crippen LogP contribution is -2.56. The van der Waals surface area contributed by atoms with Crippen LogP contribution in [0, 0.1) is 19.8 Å². The standard InChI is InChI=1S/C20H28N2O3/c1-13-7-14(2)9-16(8-13)19(24)22-6-4-5-15(12-22)18(23)21-17-10-20(3,25)11-17/h7-9,15,17,25H,4-6,10-12H2,1-3H3,(H,21,23). The van der Waals surface area contributed by atoms with E-state index in [1.54, 1.807) is 11.8 Å². The van der Waals surface area contributed by atoms with Crippen LogP contribution in [0.3, 0.4) is 0 Å². The van der Waals surface area contributed by atoms with Crippen LogP contribution in [0.2, 0.25) is 0 Å². The van der Waals surface area contributed by atoms with Crippen LogP contribution in [-0.2, 0) is 4.79 Å². The van der Waals surface area contributed by atoms with Crippen LogP contribution in [0.1, 0.15) is 54.1 Å². The number of piperidine rings is 1. The molecule has 2 aliphatic rings. The summed E-state index contributed by atoms with van der Waals surface area (Å²) in [5.41, 5.74) is 2.21. The summed E-state index contributed by atoms with van der Waals surface area (Å²) in [7, 11) is 0. The van der Waals surface area contributed by atoms with Crippen LogP contribution >= 0.6 is 0 Å². The summed E-state index contributed by atoms with van der Waals surface area (Å²) < 4.78 is 0. The van der Waals surface area contributed by atoms with Gasteiger partial charge in [0.25, 0.3) is 5.91 Å². The predicted molar refractivity (Wildman–Crippen MR) is 96.3 cm³/mol. The smallest absolute Gasteiger partial charge is 0.253 e. The number of hydrogen-bond acceptors (Lipinski definition) is 3. The van der Waals surface area contributed by atoms with Crippen LogP contribution in [0.4, 0.5) is 0 Å². The first-order valence-corrected chi connectivity index (χ1v) is 9.14. The average molecular weight is 344 g/mol. The van der Waals surface area contributed by atoms with E-state index in [9.17, 15) is 14.7 Å². The van der Waals surface area contributed by atoms with Crippen molar-refractivity contribution in [3.05, 3.63) is 34.9 Å². The SMILES string of the molecule is Cc1cc(C)cc(C(=O)N2CCCC(C(=O)NC3CC(C)(O)C3)C2)c1. The van der Waals surface area contributed by atoms with Gasteiger partial charge in [-0.2, -0.15) is 0 Å². The van der Waals surface area contributed by atoms with E-state index in [1.165, 1.54) is 0 Å². The maximum atomic E-state index is 12.8. The third-order valence-electron chi connectivity index (χ3n) is 5.27. The highest BCUT2D eigenvalue weighted by molar-refractivity contribution is 5.95. The molecule has 3 rings (SSSR count). The van der Waals surface area contributed by atoms with E-state index in [1.807, 2.05) is 26.0 Å². The maximum Gasteiger partial charge on any atom is 0.253 e. The summed E-state index contributed by atoms with van der Waals surface area (Å²) in [6, 6.07) is 5.94. The molecule has 1 aromatic rings. The van der Waals surface area contributed by atoms with Gasteiger partial charge in [0, 0.05) is 24.7 Å². The van der Waals surface area contributed by atoms with Gasteiger partial charge in [-0.25, -0.2) is 0 Å². The summed E-state index contributed by atoms with van der Waals surface area (Å²) in [6.07, 6.45) is 2.87. The van der Waals surface area contributed by atoms with Gasteiger partial charge in [-0.3, -0.25) is 9.59 Å². The van der Waals surface area contributed by atoms with Crippen molar-refractivity contribution in [3.8, 4) is 0 Å². The molecule has 1 aliphatic heterocycles. The quantitative estimate of drug-likeness (QED) is 0.883. The molecule has 1 aliphatic carbocycles. The Bertz CT molecular complexity index is 655. The zero-order valence-electron chi connectivity index (χ0n) is 15.3. The molecular weight excluding hydrogens is 316 g/mol. The van der Waals surface area contributed by atoms with Gasteiger partial charge in [0.15, 0.2) is 0 Å². The third kappa shape index (κ3) is 4.21. The monoisotopic (exact) mass is 344 g/mol. The second-order valence-electron chi connectivity index (χ2n) is 8.08. The molecule has 0 spiro atoms. The number of hydrogen-bond donors (Lipinski definition) is 2. The Morgan fingerprint density at radius 1 is 1.20 bits per heavy atom. The van der Waals surface area contributed by atoms with Gasteiger partial charge in [0.05, 0.1) is 11.5 Å². The summed E-state index contributed by atoms with van der Waals surface area (Å²) in [5, 5.41) is 12.8. The summed E-state index contributed by atoms with van der Waals surface area (Å²) in [4.78, 5) is 27.1. The van der Waals surface area contributed by atoms with Gasteiger partial charge in [0.2, 0.25) is 5.91 Å². The van der Waals surface area contributed by atoms with Gasteiger partial charge >= 0.3 is 0 Å². The molecule has 2 N–H and O–H groups in total. The molecule has 25 heavy (non-hydrogen) atoms. The lowest BCUT2D eigenvalue weighted by Gasteiger charge is -2.42. The molecule has 5 nitrogen and oxygen atoms in total. The number of nitrogens with one attached hydrogen (secondary N) is 1. The number of rotatable bonds is 3. The Hall–Kier alpha value is -1.88. The van der Waals surface area contributed by atoms with Crippen LogP contribution in [0.15, 0.2) is 18.2 Å². The number of carbonyl (C=O) groups excluding carboxylic acids is 2. The molecule has 1 heterocycles. The number of aryl methyl sites for hydroxylation is 2. The van der Waals surface area contributed by atoms with Crippen molar-refractivity contribution >= 4 is 11.8 Å². The number of carbonyl (C=O) groups is 2. The van der Waals surface area contributed by atoms with E-state index in [-0.39, 0.29) is 23.8 Å². The van der Waals surface area contributed by atoms with Gasteiger partial charge in [-0.05, 0) is 58.6 Å². The van der Waals surface area contributed by atoms with E-state index < -0.39 is 5.60 Å². The molecule has 1 aromatic carbocycles. The Kier molecular flexibility index (Phi) is 4.87. The summed E-state index contributed by atoms with van der Waals surface area (Å²) >= 11 is 0. The number of amides is 2. The summed E-state index contributed by atoms with van der Waals surface area (Å²) in [6.45, 7) is 6.95. The zero-order chi connectivity index (χ0) is 18.2.